The number of hydrogen-bond donors (Lipinski definition) is 9. The second-order valence-electron chi connectivity index (χ2n) is 15.7. The first-order chi connectivity index (χ1) is 29.7. The van der Waals surface area contributed by atoms with Gasteiger partial charge in [0.05, 0.1) is 12.7 Å². The highest BCUT2D eigenvalue weighted by Crippen LogP contribution is 2.39. The molecule has 1 aromatic heterocycles. The van der Waals surface area contributed by atoms with Crippen molar-refractivity contribution in [1.29, 1.82) is 0 Å². The van der Waals surface area contributed by atoms with Crippen LogP contribution in [0.25, 0.3) is 22.3 Å². The minimum atomic E-state index is -2.00. The van der Waals surface area contributed by atoms with Crippen LogP contribution in [0.1, 0.15) is 90.9 Å². The van der Waals surface area contributed by atoms with Crippen LogP contribution in [0.15, 0.2) is 63.8 Å². The van der Waals surface area contributed by atoms with Crippen LogP contribution >= 0.6 is 0 Å². The van der Waals surface area contributed by atoms with Crippen LogP contribution in [0.5, 0.6) is 28.7 Å². The molecule has 10 atom stereocenters. The summed E-state index contributed by atoms with van der Waals surface area (Å²) in [6.07, 6.45) is 4.03. The number of benzene rings is 2. The molecule has 17 heteroatoms. The molecule has 9 N–H and O–H groups in total. The number of phenols is 4. The Bertz CT molecular complexity index is 2030. The summed E-state index contributed by atoms with van der Waals surface area (Å²) in [6, 6.07) is 5.27. The summed E-state index contributed by atoms with van der Waals surface area (Å²) >= 11 is 0. The van der Waals surface area contributed by atoms with Gasteiger partial charge in [0, 0.05) is 24.1 Å². The number of carbonyl (C=O) groups is 1. The van der Waals surface area contributed by atoms with Crippen molar-refractivity contribution >= 4 is 16.9 Å². The zero-order valence-corrected chi connectivity index (χ0v) is 35.0. The van der Waals surface area contributed by atoms with Gasteiger partial charge in [-0.05, 0) is 63.6 Å². The third-order valence-electron chi connectivity index (χ3n) is 10.9. The fourth-order valence-corrected chi connectivity index (χ4v) is 7.28. The van der Waals surface area contributed by atoms with E-state index in [-0.39, 0.29) is 17.6 Å². The third-order valence-corrected chi connectivity index (χ3v) is 10.9. The minimum Gasteiger partial charge on any atom is -0.508 e. The number of aromatic hydroxyl groups is 4. The first-order valence-corrected chi connectivity index (χ1v) is 21.3. The Morgan fingerprint density at radius 1 is 0.726 bits per heavy atom. The lowest BCUT2D eigenvalue weighted by atomic mass is 9.98. The lowest BCUT2D eigenvalue weighted by molar-refractivity contribution is -0.319. The molecule has 3 heterocycles. The predicted molar refractivity (Wildman–Crippen MR) is 223 cm³/mol. The Labute approximate surface area is 359 Å². The van der Waals surface area contributed by atoms with Crippen molar-refractivity contribution in [3.8, 4) is 40.1 Å². The average molecular weight is 873 g/mol. The largest absolute Gasteiger partial charge is 0.508 e. The number of esters is 1. The molecule has 0 unspecified atom stereocenters. The van der Waals surface area contributed by atoms with Crippen LogP contribution in [0.2, 0.25) is 0 Å². The molecule has 2 aliphatic rings. The highest BCUT2D eigenvalue weighted by atomic mass is 16.7. The van der Waals surface area contributed by atoms with Gasteiger partial charge >= 0.3 is 5.97 Å². The summed E-state index contributed by atoms with van der Waals surface area (Å²) in [7, 11) is 0. The number of rotatable bonds is 21. The molecule has 3 aromatic rings. The summed E-state index contributed by atoms with van der Waals surface area (Å²) in [4.78, 5) is 26.5. The molecule has 2 aliphatic heterocycles. The summed E-state index contributed by atoms with van der Waals surface area (Å²) in [5.41, 5.74) is -1.37. The van der Waals surface area contributed by atoms with Crippen LogP contribution in [-0.4, -0.2) is 120 Å². The number of fused-ring (bicyclic) bond motifs is 1. The number of ether oxygens (including phenoxy) is 5. The molecular weight excluding hydrogens is 812 g/mol. The van der Waals surface area contributed by atoms with E-state index in [1.807, 2.05) is 0 Å². The molecule has 0 aliphatic carbocycles. The van der Waals surface area contributed by atoms with Crippen molar-refractivity contribution in [1.82, 2.24) is 0 Å². The van der Waals surface area contributed by atoms with Gasteiger partial charge in [0.1, 0.15) is 59.1 Å². The molecule has 2 saturated heterocycles. The molecule has 2 fully saturated rings. The molecular formula is C45H60O17. The van der Waals surface area contributed by atoms with E-state index < -0.39 is 119 Å². The van der Waals surface area contributed by atoms with E-state index in [1.54, 1.807) is 0 Å². The second kappa shape index (κ2) is 23.1. The lowest BCUT2D eigenvalue weighted by Crippen LogP contribution is -2.62. The summed E-state index contributed by atoms with van der Waals surface area (Å²) in [6.45, 7) is 3.08. The van der Waals surface area contributed by atoms with E-state index in [9.17, 15) is 55.5 Å². The highest BCUT2D eigenvalue weighted by Gasteiger charge is 2.49. The lowest BCUT2D eigenvalue weighted by Gasteiger charge is -2.43. The quantitative estimate of drug-likeness (QED) is 0.0304. The Kier molecular flexibility index (Phi) is 18.0. The molecule has 0 saturated carbocycles. The third kappa shape index (κ3) is 12.5. The highest BCUT2D eigenvalue weighted by molar-refractivity contribution is 5.88. The van der Waals surface area contributed by atoms with Crippen LogP contribution < -0.4 is 10.2 Å². The number of aliphatic hydroxyl groups excluding tert-OH is 5. The van der Waals surface area contributed by atoms with E-state index in [1.165, 1.54) is 32.3 Å². The number of aliphatic hydroxyl groups is 5. The zero-order chi connectivity index (χ0) is 44.9. The molecule has 5 rings (SSSR count). The maximum Gasteiger partial charge on any atom is 0.306 e. The van der Waals surface area contributed by atoms with Crippen molar-refractivity contribution in [3.63, 3.8) is 0 Å². The van der Waals surface area contributed by atoms with Gasteiger partial charge in [-0.2, -0.15) is 0 Å². The van der Waals surface area contributed by atoms with Crippen LogP contribution in [0.4, 0.5) is 0 Å². The van der Waals surface area contributed by atoms with Gasteiger partial charge in [-0.15, -0.1) is 0 Å². The SMILES string of the molecule is CCCCC/C=C\C/C=C\CCCCCCCC(=O)O[C@@H]1[C@@H](O)[C@@H](O)[C@H](OC[C@H]2O[C@@H](Oc3c(-c4ccc(O)c(O)c4)oc4cc(O)cc(O)c4c3=O)[C@H](O)[C@@H](O)[C@@H]2O)O[C@H]1C. The molecule has 17 nitrogen and oxygen atoms in total. The van der Waals surface area contributed by atoms with Crippen molar-refractivity contribution in [2.24, 2.45) is 0 Å². The van der Waals surface area contributed by atoms with E-state index in [4.69, 9.17) is 28.1 Å². The topological polar surface area (TPSA) is 276 Å². The molecule has 342 valence electrons. The number of carbonyl (C=O) groups excluding carboxylic acids is 1. The average Bonchev–Trinajstić information content (AvgIpc) is 3.23. The second-order valence-corrected chi connectivity index (χ2v) is 15.7. The number of phenolic OH excluding ortho intramolecular Hbond substituents is 4. The smallest absolute Gasteiger partial charge is 0.306 e. The number of allylic oxidation sites excluding steroid dienone is 4. The summed E-state index contributed by atoms with van der Waals surface area (Å²) < 4.78 is 34.2. The maximum absolute atomic E-state index is 13.8. The van der Waals surface area contributed by atoms with E-state index in [0.717, 1.165) is 69.2 Å². The molecule has 0 amide bonds. The Hall–Kier alpha value is -4.72. The summed E-state index contributed by atoms with van der Waals surface area (Å²) in [5, 5.41) is 94.4. The predicted octanol–water partition coefficient (Wildman–Crippen LogP) is 4.68. The van der Waals surface area contributed by atoms with Gasteiger partial charge in [-0.25, -0.2) is 0 Å². The molecule has 2 aromatic carbocycles. The first-order valence-electron chi connectivity index (χ1n) is 21.3. The van der Waals surface area contributed by atoms with Crippen molar-refractivity contribution in [2.45, 2.75) is 152 Å². The zero-order valence-electron chi connectivity index (χ0n) is 35.0. The molecule has 0 bridgehead atoms. The molecule has 0 spiro atoms. The number of unbranched alkanes of at least 4 members (excludes halogenated alkanes) is 8. The van der Waals surface area contributed by atoms with Crippen LogP contribution in [-0.2, 0) is 23.7 Å². The minimum absolute atomic E-state index is 0.0375. The fraction of sp³-hybridized carbons (Fsp3) is 0.556. The van der Waals surface area contributed by atoms with Gasteiger partial charge in [0.25, 0.3) is 0 Å². The van der Waals surface area contributed by atoms with Crippen LogP contribution in [0.3, 0.4) is 0 Å². The van der Waals surface area contributed by atoms with Crippen molar-refractivity contribution in [2.75, 3.05) is 6.61 Å². The normalized spacial score (nSPS) is 26.7. The van der Waals surface area contributed by atoms with Crippen molar-refractivity contribution in [3.05, 3.63) is 64.9 Å². The Morgan fingerprint density at radius 3 is 2.11 bits per heavy atom. The Morgan fingerprint density at radius 2 is 1.40 bits per heavy atom. The standard InChI is InChI=1S/C45H60O17/c1-3-4-5-6-7-8-9-10-11-12-13-14-15-16-17-18-33(50)61-41-25(2)58-44(40(56)38(41)54)57-24-32-35(51)37(53)39(55)45(60-32)62-43-36(52)34-30(49)22-27(46)23-31(34)59-42(43)26-19-20-28(47)29(48)21-26/h7-8,10-11,19-23,25,32,35,37-41,44-49,51,53-56H,3-6,9,12-18,24H2,1-2H3/b8-7-,11-10-/t25-,32+,35+,37-,38-,39+,40+,41-,44+,45-/m0/s1. The van der Waals surface area contributed by atoms with E-state index >= 15 is 0 Å². The summed E-state index contributed by atoms with van der Waals surface area (Å²) in [5.74, 6) is -3.92. The molecule has 0 radical (unpaired) electrons. The van der Waals surface area contributed by atoms with Gasteiger partial charge in [-0.3, -0.25) is 9.59 Å². The van der Waals surface area contributed by atoms with Crippen LogP contribution in [0, 0.1) is 0 Å². The monoisotopic (exact) mass is 872 g/mol. The maximum atomic E-state index is 13.8. The van der Waals surface area contributed by atoms with Gasteiger partial charge in [-0.1, -0.05) is 63.3 Å². The van der Waals surface area contributed by atoms with Gasteiger partial charge in [0.15, 0.2) is 29.7 Å². The molecule has 62 heavy (non-hydrogen) atoms. The Balaban J connectivity index is 1.12. The van der Waals surface area contributed by atoms with Gasteiger partial charge in [0.2, 0.25) is 17.5 Å². The van der Waals surface area contributed by atoms with Gasteiger partial charge < -0.3 is 74.1 Å². The fourth-order valence-electron chi connectivity index (χ4n) is 7.28. The van der Waals surface area contributed by atoms with Crippen molar-refractivity contribution < 1.29 is 78.9 Å². The first kappa shape index (κ1) is 48.3. The van der Waals surface area contributed by atoms with E-state index in [2.05, 4.69) is 31.2 Å². The van der Waals surface area contributed by atoms with E-state index in [0.29, 0.717) is 6.42 Å². The number of hydrogen-bond acceptors (Lipinski definition) is 17.